The fourth-order valence-electron chi connectivity index (χ4n) is 3.12. The number of aromatic nitrogens is 3. The molecule has 30 heavy (non-hydrogen) atoms. The van der Waals surface area contributed by atoms with E-state index in [1.54, 1.807) is 18.2 Å². The Bertz CT molecular complexity index is 1250. The molecule has 154 valence electrons. The van der Waals surface area contributed by atoms with Gasteiger partial charge in [-0.2, -0.15) is 9.50 Å². The molecule has 0 saturated carbocycles. The van der Waals surface area contributed by atoms with Gasteiger partial charge in [0.05, 0.1) is 11.1 Å². The van der Waals surface area contributed by atoms with Gasteiger partial charge in [0.1, 0.15) is 11.6 Å². The molecule has 0 N–H and O–H groups in total. The summed E-state index contributed by atoms with van der Waals surface area (Å²) < 4.78 is 20.9. The highest BCUT2D eigenvalue weighted by atomic mass is 32.1. The standard InChI is InChI=1S/C23H22FN3O2S/c1-2-3-4-5-13-29-19-11-9-17(10-12-19)21-25-23-27(26-21)22(28)20(30-23)15-16-7-6-8-18(24)14-16/h6-12,14-15H,2-5,13H2,1H3/b20-15-. The van der Waals surface area contributed by atoms with Crippen LogP contribution in [0.4, 0.5) is 4.39 Å². The van der Waals surface area contributed by atoms with E-state index in [-0.39, 0.29) is 11.4 Å². The van der Waals surface area contributed by atoms with Crippen molar-refractivity contribution < 1.29 is 9.13 Å². The normalized spacial score (nSPS) is 12.0. The summed E-state index contributed by atoms with van der Waals surface area (Å²) >= 11 is 1.23. The first kappa shape index (κ1) is 20.2. The number of unbranched alkanes of at least 4 members (excludes halogenated alkanes) is 3. The summed E-state index contributed by atoms with van der Waals surface area (Å²) in [4.78, 5) is 17.6. The third-order valence-electron chi connectivity index (χ3n) is 4.71. The molecule has 2 heterocycles. The zero-order valence-corrected chi connectivity index (χ0v) is 17.5. The van der Waals surface area contributed by atoms with Crippen molar-refractivity contribution in [3.05, 3.63) is 74.8 Å². The van der Waals surface area contributed by atoms with E-state index in [0.717, 1.165) is 17.7 Å². The van der Waals surface area contributed by atoms with Gasteiger partial charge in [-0.05, 0) is 54.5 Å². The Kier molecular flexibility index (Phi) is 6.18. The zero-order valence-electron chi connectivity index (χ0n) is 16.7. The summed E-state index contributed by atoms with van der Waals surface area (Å²) in [6.07, 6.45) is 6.32. The van der Waals surface area contributed by atoms with Gasteiger partial charge < -0.3 is 4.74 Å². The van der Waals surface area contributed by atoms with Crippen LogP contribution < -0.4 is 14.8 Å². The van der Waals surface area contributed by atoms with E-state index in [9.17, 15) is 9.18 Å². The zero-order chi connectivity index (χ0) is 20.9. The summed E-state index contributed by atoms with van der Waals surface area (Å²) in [5.41, 5.74) is 1.19. The number of ether oxygens (including phenoxy) is 1. The van der Waals surface area contributed by atoms with E-state index in [2.05, 4.69) is 17.0 Å². The van der Waals surface area contributed by atoms with Gasteiger partial charge in [0.2, 0.25) is 4.96 Å². The van der Waals surface area contributed by atoms with Crippen molar-refractivity contribution in [2.75, 3.05) is 6.61 Å². The molecule has 4 aromatic rings. The van der Waals surface area contributed by atoms with Crippen LogP contribution in [0, 0.1) is 5.82 Å². The van der Waals surface area contributed by atoms with E-state index in [4.69, 9.17) is 4.74 Å². The van der Waals surface area contributed by atoms with Gasteiger partial charge in [0.15, 0.2) is 5.82 Å². The van der Waals surface area contributed by atoms with Crippen molar-refractivity contribution in [1.82, 2.24) is 14.6 Å². The molecule has 5 nitrogen and oxygen atoms in total. The van der Waals surface area contributed by atoms with E-state index >= 15 is 0 Å². The molecule has 0 aliphatic rings. The second kappa shape index (κ2) is 9.17. The largest absolute Gasteiger partial charge is 0.494 e. The van der Waals surface area contributed by atoms with Gasteiger partial charge in [-0.15, -0.1) is 5.10 Å². The van der Waals surface area contributed by atoms with Gasteiger partial charge in [-0.3, -0.25) is 4.79 Å². The Hall–Kier alpha value is -3.06. The summed E-state index contributed by atoms with van der Waals surface area (Å²) in [7, 11) is 0. The quantitative estimate of drug-likeness (QED) is 0.393. The van der Waals surface area contributed by atoms with Crippen molar-refractivity contribution in [2.45, 2.75) is 32.6 Å². The molecule has 0 amide bonds. The molecule has 2 aromatic heterocycles. The van der Waals surface area contributed by atoms with E-state index < -0.39 is 0 Å². The lowest BCUT2D eigenvalue weighted by atomic mass is 10.2. The van der Waals surface area contributed by atoms with Gasteiger partial charge in [-0.1, -0.05) is 49.7 Å². The lowest BCUT2D eigenvalue weighted by molar-refractivity contribution is 0.305. The number of hydrogen-bond acceptors (Lipinski definition) is 5. The van der Waals surface area contributed by atoms with Crippen LogP contribution in [-0.2, 0) is 0 Å². The number of hydrogen-bond donors (Lipinski definition) is 0. The fourth-order valence-corrected chi connectivity index (χ4v) is 4.03. The molecule has 0 fully saturated rings. The first-order valence-electron chi connectivity index (χ1n) is 10.0. The molecule has 7 heteroatoms. The van der Waals surface area contributed by atoms with Gasteiger partial charge >= 0.3 is 0 Å². The van der Waals surface area contributed by atoms with Crippen LogP contribution in [-0.4, -0.2) is 21.2 Å². The maximum absolute atomic E-state index is 13.4. The molecule has 4 rings (SSSR count). The third kappa shape index (κ3) is 4.57. The summed E-state index contributed by atoms with van der Waals surface area (Å²) in [5.74, 6) is 0.962. The van der Waals surface area contributed by atoms with Gasteiger partial charge in [0, 0.05) is 5.56 Å². The minimum atomic E-state index is -0.341. The highest BCUT2D eigenvalue weighted by Gasteiger charge is 2.12. The van der Waals surface area contributed by atoms with E-state index in [0.29, 0.717) is 27.5 Å². The minimum Gasteiger partial charge on any atom is -0.494 e. The van der Waals surface area contributed by atoms with Gasteiger partial charge in [0.25, 0.3) is 5.56 Å². The predicted molar refractivity (Wildman–Crippen MR) is 117 cm³/mol. The Morgan fingerprint density at radius 1 is 1.13 bits per heavy atom. The Labute approximate surface area is 177 Å². The Balaban J connectivity index is 1.51. The molecule has 0 saturated heterocycles. The van der Waals surface area contributed by atoms with Crippen LogP contribution in [0.1, 0.15) is 38.2 Å². The van der Waals surface area contributed by atoms with Crippen molar-refractivity contribution in [3.8, 4) is 17.1 Å². The summed E-state index contributed by atoms with van der Waals surface area (Å²) in [5, 5.41) is 4.36. The highest BCUT2D eigenvalue weighted by Crippen LogP contribution is 2.20. The summed E-state index contributed by atoms with van der Waals surface area (Å²) in [6, 6.07) is 13.7. The first-order chi connectivity index (χ1) is 14.6. The van der Waals surface area contributed by atoms with Crippen molar-refractivity contribution in [1.29, 1.82) is 0 Å². The SMILES string of the molecule is CCCCCCOc1ccc(-c2nc3s/c(=C\c4cccc(F)c4)c(=O)n3n2)cc1. The smallest absolute Gasteiger partial charge is 0.291 e. The number of benzene rings is 2. The minimum absolute atomic E-state index is 0.259. The molecule has 0 bridgehead atoms. The molecular formula is C23H22FN3O2S. The molecule has 0 spiro atoms. The lowest BCUT2D eigenvalue weighted by Crippen LogP contribution is -2.23. The maximum Gasteiger partial charge on any atom is 0.291 e. The maximum atomic E-state index is 13.4. The van der Waals surface area contributed by atoms with Crippen LogP contribution in [0.3, 0.4) is 0 Å². The fraction of sp³-hybridized carbons (Fsp3) is 0.261. The second-order valence-electron chi connectivity index (χ2n) is 7.03. The van der Waals surface area contributed by atoms with Crippen LogP contribution in [0.25, 0.3) is 22.4 Å². The van der Waals surface area contributed by atoms with Crippen molar-refractivity contribution >= 4 is 22.4 Å². The number of halogens is 1. The molecule has 0 aliphatic heterocycles. The van der Waals surface area contributed by atoms with Crippen molar-refractivity contribution in [3.63, 3.8) is 0 Å². The monoisotopic (exact) mass is 423 g/mol. The average Bonchev–Trinajstić information content (AvgIpc) is 3.28. The Morgan fingerprint density at radius 3 is 2.70 bits per heavy atom. The molecule has 0 unspecified atom stereocenters. The molecule has 0 aliphatic carbocycles. The Morgan fingerprint density at radius 2 is 1.97 bits per heavy atom. The first-order valence-corrected chi connectivity index (χ1v) is 10.9. The number of nitrogens with zero attached hydrogens (tertiary/aromatic N) is 3. The molecule has 0 radical (unpaired) electrons. The van der Waals surface area contributed by atoms with Crippen molar-refractivity contribution in [2.24, 2.45) is 0 Å². The summed E-state index contributed by atoms with van der Waals surface area (Å²) in [6.45, 7) is 2.90. The van der Waals surface area contributed by atoms with E-state index in [1.165, 1.54) is 47.2 Å². The predicted octanol–water partition coefficient (Wildman–Crippen LogP) is 4.46. The van der Waals surface area contributed by atoms with Gasteiger partial charge in [-0.25, -0.2) is 4.39 Å². The van der Waals surface area contributed by atoms with Crippen LogP contribution in [0.2, 0.25) is 0 Å². The lowest BCUT2D eigenvalue weighted by Gasteiger charge is -2.06. The van der Waals surface area contributed by atoms with Crippen LogP contribution in [0.5, 0.6) is 5.75 Å². The average molecular weight is 424 g/mol. The molecule has 2 aromatic carbocycles. The van der Waals surface area contributed by atoms with Crippen LogP contribution in [0.15, 0.2) is 53.3 Å². The van der Waals surface area contributed by atoms with E-state index in [1.807, 2.05) is 24.3 Å². The van der Waals surface area contributed by atoms with Crippen LogP contribution >= 0.6 is 11.3 Å². The topological polar surface area (TPSA) is 56.5 Å². The highest BCUT2D eigenvalue weighted by molar-refractivity contribution is 7.15. The molecule has 0 atom stereocenters. The molecular weight excluding hydrogens is 401 g/mol. The number of fused-ring (bicyclic) bond motifs is 1. The number of rotatable bonds is 8. The number of thiazole rings is 1. The third-order valence-corrected chi connectivity index (χ3v) is 5.67. The second-order valence-corrected chi connectivity index (χ2v) is 8.04.